The van der Waals surface area contributed by atoms with Crippen molar-refractivity contribution in [2.75, 3.05) is 5.73 Å². The molecule has 0 unspecified atom stereocenters. The molecule has 18 heavy (non-hydrogen) atoms. The number of rotatable bonds is 3. The maximum absolute atomic E-state index is 13.0. The highest BCUT2D eigenvalue weighted by Gasteiger charge is 2.03. The monoisotopic (exact) mass is 281 g/mol. The molecule has 0 amide bonds. The Labute approximate surface area is 115 Å². The van der Waals surface area contributed by atoms with E-state index in [1.807, 2.05) is 25.1 Å². The zero-order chi connectivity index (χ0) is 13.1. The number of benzene rings is 2. The molecule has 0 fully saturated rings. The minimum Gasteiger partial charge on any atom is -0.399 e. The van der Waals surface area contributed by atoms with Gasteiger partial charge in [-0.05, 0) is 48.4 Å². The molecule has 2 rings (SSSR count). The van der Waals surface area contributed by atoms with Gasteiger partial charge in [-0.3, -0.25) is 0 Å². The highest BCUT2D eigenvalue weighted by atomic mass is 35.5. The number of aryl methyl sites for hydroxylation is 1. The van der Waals surface area contributed by atoms with Gasteiger partial charge in [-0.25, -0.2) is 4.39 Å². The van der Waals surface area contributed by atoms with Crippen molar-refractivity contribution in [1.82, 2.24) is 0 Å². The van der Waals surface area contributed by atoms with Gasteiger partial charge in [0.25, 0.3) is 0 Å². The first-order valence-corrected chi connectivity index (χ1v) is 6.85. The molecule has 0 bridgehead atoms. The minimum atomic E-state index is -0.380. The van der Waals surface area contributed by atoms with Crippen LogP contribution in [0.1, 0.15) is 11.1 Å². The van der Waals surface area contributed by atoms with Crippen molar-refractivity contribution in [1.29, 1.82) is 0 Å². The molecular formula is C14H13ClFNS. The van der Waals surface area contributed by atoms with Gasteiger partial charge in [0.15, 0.2) is 0 Å². The summed E-state index contributed by atoms with van der Waals surface area (Å²) < 4.78 is 13.0. The maximum Gasteiger partial charge on any atom is 0.141 e. The van der Waals surface area contributed by atoms with Crippen LogP contribution in [0.25, 0.3) is 0 Å². The fourth-order valence-electron chi connectivity index (χ4n) is 1.63. The molecule has 4 heteroatoms. The zero-order valence-corrected chi connectivity index (χ0v) is 11.5. The number of halogens is 2. The molecular weight excluding hydrogens is 269 g/mol. The molecule has 2 N–H and O–H groups in total. The number of hydrogen-bond acceptors (Lipinski definition) is 2. The normalized spacial score (nSPS) is 10.6. The highest BCUT2D eigenvalue weighted by Crippen LogP contribution is 2.28. The number of hydrogen-bond donors (Lipinski definition) is 1. The van der Waals surface area contributed by atoms with Gasteiger partial charge in [-0.2, -0.15) is 0 Å². The van der Waals surface area contributed by atoms with Crippen LogP contribution in [0, 0.1) is 12.7 Å². The lowest BCUT2D eigenvalue weighted by Crippen LogP contribution is -1.88. The smallest absolute Gasteiger partial charge is 0.141 e. The molecule has 2 aromatic carbocycles. The molecule has 0 aliphatic heterocycles. The van der Waals surface area contributed by atoms with Gasteiger partial charge in [-0.1, -0.05) is 17.7 Å². The average molecular weight is 282 g/mol. The summed E-state index contributed by atoms with van der Waals surface area (Å²) in [6, 6.07) is 10.6. The standard InChI is InChI=1S/C14H13ClFNS/c1-9-6-11(17)3-5-14(9)18-8-10-2-4-13(16)12(15)7-10/h2-7H,8,17H2,1H3. The second kappa shape index (κ2) is 5.63. The second-order valence-electron chi connectivity index (χ2n) is 4.06. The van der Waals surface area contributed by atoms with Crippen molar-refractivity contribution in [3.63, 3.8) is 0 Å². The first-order chi connectivity index (χ1) is 8.56. The quantitative estimate of drug-likeness (QED) is 0.654. The Morgan fingerprint density at radius 3 is 2.67 bits per heavy atom. The summed E-state index contributed by atoms with van der Waals surface area (Å²) in [5, 5.41) is 0.169. The molecule has 0 atom stereocenters. The van der Waals surface area contributed by atoms with Crippen molar-refractivity contribution in [2.45, 2.75) is 17.6 Å². The molecule has 0 aliphatic carbocycles. The molecule has 0 radical (unpaired) electrons. The summed E-state index contributed by atoms with van der Waals surface area (Å²) in [4.78, 5) is 1.17. The third-order valence-corrected chi connectivity index (χ3v) is 4.11. The van der Waals surface area contributed by atoms with Crippen LogP contribution < -0.4 is 5.73 Å². The third kappa shape index (κ3) is 3.18. The van der Waals surface area contributed by atoms with E-state index in [2.05, 4.69) is 0 Å². The molecule has 0 spiro atoms. The molecule has 0 saturated heterocycles. The SMILES string of the molecule is Cc1cc(N)ccc1SCc1ccc(F)c(Cl)c1. The average Bonchev–Trinajstić information content (AvgIpc) is 2.32. The van der Waals surface area contributed by atoms with E-state index in [4.69, 9.17) is 17.3 Å². The van der Waals surface area contributed by atoms with E-state index in [9.17, 15) is 4.39 Å². The highest BCUT2D eigenvalue weighted by molar-refractivity contribution is 7.98. The van der Waals surface area contributed by atoms with E-state index < -0.39 is 0 Å². The lowest BCUT2D eigenvalue weighted by atomic mass is 10.2. The van der Waals surface area contributed by atoms with Gasteiger partial charge < -0.3 is 5.73 Å². The lowest BCUT2D eigenvalue weighted by Gasteiger charge is -2.07. The second-order valence-corrected chi connectivity index (χ2v) is 5.49. The zero-order valence-electron chi connectivity index (χ0n) is 9.91. The topological polar surface area (TPSA) is 26.0 Å². The van der Waals surface area contributed by atoms with Gasteiger partial charge in [-0.15, -0.1) is 11.8 Å². The van der Waals surface area contributed by atoms with Crippen molar-refractivity contribution in [3.05, 3.63) is 58.4 Å². The molecule has 0 aromatic heterocycles. The van der Waals surface area contributed by atoms with Gasteiger partial charge >= 0.3 is 0 Å². The van der Waals surface area contributed by atoms with Crippen LogP contribution in [0.5, 0.6) is 0 Å². The minimum absolute atomic E-state index is 0.169. The van der Waals surface area contributed by atoms with E-state index in [1.54, 1.807) is 23.9 Å². The molecule has 94 valence electrons. The predicted molar refractivity (Wildman–Crippen MR) is 76.6 cm³/mol. The first-order valence-electron chi connectivity index (χ1n) is 5.49. The Hall–Kier alpha value is -1.19. The van der Waals surface area contributed by atoms with Gasteiger partial charge in [0.2, 0.25) is 0 Å². The van der Waals surface area contributed by atoms with Crippen LogP contribution in [-0.4, -0.2) is 0 Å². The number of anilines is 1. The Morgan fingerprint density at radius 1 is 1.22 bits per heavy atom. The van der Waals surface area contributed by atoms with E-state index in [0.29, 0.717) is 0 Å². The van der Waals surface area contributed by atoms with E-state index in [0.717, 1.165) is 22.6 Å². The number of thioether (sulfide) groups is 1. The molecule has 0 heterocycles. The van der Waals surface area contributed by atoms with Crippen LogP contribution in [0.15, 0.2) is 41.3 Å². The van der Waals surface area contributed by atoms with Crippen molar-refractivity contribution >= 4 is 29.1 Å². The van der Waals surface area contributed by atoms with Crippen molar-refractivity contribution < 1.29 is 4.39 Å². The Bertz CT molecular complexity index is 572. The third-order valence-electron chi connectivity index (χ3n) is 2.58. The van der Waals surface area contributed by atoms with Crippen LogP contribution in [0.4, 0.5) is 10.1 Å². The summed E-state index contributed by atoms with van der Waals surface area (Å²) in [6.07, 6.45) is 0. The van der Waals surface area contributed by atoms with Gasteiger partial charge in [0.05, 0.1) is 5.02 Å². The summed E-state index contributed by atoms with van der Waals surface area (Å²) in [6.45, 7) is 2.02. The fourth-order valence-corrected chi connectivity index (χ4v) is 2.78. The molecule has 0 saturated carbocycles. The van der Waals surface area contributed by atoms with Crippen LogP contribution >= 0.6 is 23.4 Å². The van der Waals surface area contributed by atoms with Crippen LogP contribution in [-0.2, 0) is 5.75 Å². The largest absolute Gasteiger partial charge is 0.399 e. The van der Waals surface area contributed by atoms with Gasteiger partial charge in [0.1, 0.15) is 5.82 Å². The molecule has 0 aliphatic rings. The summed E-state index contributed by atoms with van der Waals surface area (Å²) >= 11 is 7.43. The predicted octanol–water partition coefficient (Wildman–Crippen LogP) is 4.66. The number of nitrogens with two attached hydrogens (primary N) is 1. The Balaban J connectivity index is 2.09. The summed E-state index contributed by atoms with van der Waals surface area (Å²) in [5.41, 5.74) is 8.62. The van der Waals surface area contributed by atoms with E-state index in [1.165, 1.54) is 11.0 Å². The van der Waals surface area contributed by atoms with E-state index in [-0.39, 0.29) is 10.8 Å². The first kappa shape index (κ1) is 13.2. The van der Waals surface area contributed by atoms with Crippen molar-refractivity contribution in [3.8, 4) is 0 Å². The van der Waals surface area contributed by atoms with Crippen LogP contribution in [0.3, 0.4) is 0 Å². The lowest BCUT2D eigenvalue weighted by molar-refractivity contribution is 0.628. The number of nitrogen functional groups attached to an aromatic ring is 1. The summed E-state index contributed by atoms with van der Waals surface area (Å²) in [7, 11) is 0. The van der Waals surface area contributed by atoms with E-state index >= 15 is 0 Å². The Kier molecular flexibility index (Phi) is 4.15. The van der Waals surface area contributed by atoms with Crippen LogP contribution in [0.2, 0.25) is 5.02 Å². The Morgan fingerprint density at radius 2 is 2.00 bits per heavy atom. The fraction of sp³-hybridized carbons (Fsp3) is 0.143. The van der Waals surface area contributed by atoms with Crippen molar-refractivity contribution in [2.24, 2.45) is 0 Å². The summed E-state index contributed by atoms with van der Waals surface area (Å²) in [5.74, 6) is 0.374. The molecule has 2 aromatic rings. The molecule has 1 nitrogen and oxygen atoms in total. The maximum atomic E-state index is 13.0. The van der Waals surface area contributed by atoms with Gasteiger partial charge in [0, 0.05) is 16.3 Å².